The summed E-state index contributed by atoms with van der Waals surface area (Å²) in [5.41, 5.74) is 7.42. The van der Waals surface area contributed by atoms with E-state index < -0.39 is 0 Å². The van der Waals surface area contributed by atoms with Gasteiger partial charge in [-0.3, -0.25) is 4.90 Å². The molecule has 2 bridgehead atoms. The van der Waals surface area contributed by atoms with Gasteiger partial charge < -0.3 is 15.4 Å². The summed E-state index contributed by atoms with van der Waals surface area (Å²) < 4.78 is 6.91. The second-order valence-electron chi connectivity index (χ2n) is 7.35. The van der Waals surface area contributed by atoms with Gasteiger partial charge >= 0.3 is 6.03 Å². The van der Waals surface area contributed by atoms with E-state index in [9.17, 15) is 4.79 Å². The molecule has 28 heavy (non-hydrogen) atoms. The van der Waals surface area contributed by atoms with E-state index in [1.165, 1.54) is 16.9 Å². The first-order valence-electron chi connectivity index (χ1n) is 9.44. The van der Waals surface area contributed by atoms with Crippen LogP contribution in [0.2, 0.25) is 0 Å². The van der Waals surface area contributed by atoms with Crippen LogP contribution in [0.25, 0.3) is 10.3 Å². The molecule has 0 radical (unpaired) electrons. The topological polar surface area (TPSA) is 84.6 Å². The number of piperazine rings is 1. The van der Waals surface area contributed by atoms with E-state index in [1.54, 1.807) is 11.1 Å². The number of nitrogens with two attached hydrogens (primary N) is 1. The maximum Gasteiger partial charge on any atom is 0.314 e. The number of amides is 2. The average Bonchev–Trinajstić information content (AvgIpc) is 3.19. The molecule has 2 saturated heterocycles. The maximum absolute atomic E-state index is 11.5. The number of carbonyl (C=O) groups excluding carboxylic acids is 1. The molecule has 2 atom stereocenters. The number of carbonyl (C=O) groups is 1. The number of likely N-dealkylation sites (tertiary alicyclic amines) is 1. The van der Waals surface area contributed by atoms with Crippen molar-refractivity contribution in [3.63, 3.8) is 0 Å². The number of benzene rings is 1. The lowest BCUT2D eigenvalue weighted by Gasteiger charge is -2.40. The minimum Gasteiger partial charge on any atom is -0.431 e. The predicted octanol–water partition coefficient (Wildman–Crippen LogP) is 3.21. The number of pyridine rings is 1. The summed E-state index contributed by atoms with van der Waals surface area (Å²) in [6.07, 6.45) is 3.99. The van der Waals surface area contributed by atoms with Crippen LogP contribution in [0.15, 0.2) is 42.6 Å². The number of thiazole rings is 1. The molecule has 7 nitrogen and oxygen atoms in total. The minimum absolute atomic E-state index is 0.303. The number of hydrogen-bond acceptors (Lipinski definition) is 6. The summed E-state index contributed by atoms with van der Waals surface area (Å²) in [4.78, 5) is 24.4. The van der Waals surface area contributed by atoms with E-state index in [2.05, 4.69) is 27.0 Å². The summed E-state index contributed by atoms with van der Waals surface area (Å²) >= 11 is 1.49. The Labute approximate surface area is 166 Å². The van der Waals surface area contributed by atoms with Crippen molar-refractivity contribution in [2.75, 3.05) is 13.1 Å². The van der Waals surface area contributed by atoms with Gasteiger partial charge in [0.1, 0.15) is 5.75 Å². The van der Waals surface area contributed by atoms with Crippen molar-refractivity contribution in [3.05, 3.63) is 48.2 Å². The highest BCUT2D eigenvalue weighted by Gasteiger charge is 2.40. The Morgan fingerprint density at radius 1 is 1.18 bits per heavy atom. The zero-order valence-electron chi connectivity index (χ0n) is 15.3. The quantitative estimate of drug-likeness (QED) is 0.733. The number of fused-ring (bicyclic) bond motifs is 3. The molecule has 5 rings (SSSR count). The number of urea groups is 1. The van der Waals surface area contributed by atoms with Crippen LogP contribution in [-0.2, 0) is 6.54 Å². The van der Waals surface area contributed by atoms with Crippen molar-refractivity contribution in [1.82, 2.24) is 19.8 Å². The third-order valence-corrected chi connectivity index (χ3v) is 6.47. The van der Waals surface area contributed by atoms with Crippen molar-refractivity contribution < 1.29 is 9.53 Å². The normalized spacial score (nSPS) is 21.9. The molecule has 2 aliphatic heterocycles. The summed E-state index contributed by atoms with van der Waals surface area (Å²) in [6.45, 7) is 2.35. The lowest BCUT2D eigenvalue weighted by atomic mass is 10.1. The van der Waals surface area contributed by atoms with Gasteiger partial charge in [-0.05, 0) is 42.7 Å². The summed E-state index contributed by atoms with van der Waals surface area (Å²) in [5.74, 6) is 0.768. The fraction of sp³-hybridized carbons (Fsp3) is 0.350. The van der Waals surface area contributed by atoms with Crippen molar-refractivity contribution in [2.45, 2.75) is 31.5 Å². The van der Waals surface area contributed by atoms with Crippen LogP contribution in [0.4, 0.5) is 4.79 Å². The standard InChI is InChI=1S/C20H21N5O2S/c21-19(26)24-11-14-5-6-15(12-24)25(14)10-13-3-7-16(8-4-13)27-20-23-18-17(28-20)2-1-9-22-18/h1-4,7-9,14-15H,5-6,10-12H2,(H2,21,26)/t14-,15?/m0/s1. The van der Waals surface area contributed by atoms with Crippen LogP contribution < -0.4 is 10.5 Å². The van der Waals surface area contributed by atoms with Gasteiger partial charge in [-0.15, -0.1) is 0 Å². The molecular weight excluding hydrogens is 374 g/mol. The number of rotatable bonds is 4. The van der Waals surface area contributed by atoms with Gasteiger partial charge in [-0.1, -0.05) is 23.5 Å². The Kier molecular flexibility index (Phi) is 4.37. The Balaban J connectivity index is 1.25. The van der Waals surface area contributed by atoms with Gasteiger partial charge in [0.25, 0.3) is 5.19 Å². The fourth-order valence-corrected chi connectivity index (χ4v) is 4.99. The molecule has 3 aromatic rings. The molecule has 0 spiro atoms. The number of ether oxygens (including phenoxy) is 1. The van der Waals surface area contributed by atoms with Crippen LogP contribution in [0.5, 0.6) is 10.9 Å². The molecule has 1 aromatic carbocycles. The van der Waals surface area contributed by atoms with E-state index >= 15 is 0 Å². The Morgan fingerprint density at radius 3 is 2.61 bits per heavy atom. The van der Waals surface area contributed by atoms with E-state index in [1.807, 2.05) is 24.3 Å². The van der Waals surface area contributed by atoms with E-state index in [4.69, 9.17) is 10.5 Å². The highest BCUT2D eigenvalue weighted by molar-refractivity contribution is 7.20. The molecule has 2 amide bonds. The van der Waals surface area contributed by atoms with Crippen molar-refractivity contribution in [3.8, 4) is 10.9 Å². The lowest BCUT2D eigenvalue weighted by Crippen LogP contribution is -2.56. The van der Waals surface area contributed by atoms with Gasteiger partial charge in [-0.2, -0.15) is 4.98 Å². The number of hydrogen-bond donors (Lipinski definition) is 1. The first kappa shape index (κ1) is 17.4. The fourth-order valence-electron chi connectivity index (χ4n) is 4.20. The second-order valence-corrected chi connectivity index (χ2v) is 8.34. The van der Waals surface area contributed by atoms with Gasteiger partial charge in [0, 0.05) is 37.9 Å². The lowest BCUT2D eigenvalue weighted by molar-refractivity contribution is 0.0798. The molecule has 2 N–H and O–H groups in total. The highest BCUT2D eigenvalue weighted by atomic mass is 32.1. The molecule has 144 valence electrons. The van der Waals surface area contributed by atoms with Crippen LogP contribution in [-0.4, -0.2) is 51.0 Å². The van der Waals surface area contributed by atoms with Crippen LogP contribution in [0.1, 0.15) is 18.4 Å². The molecule has 0 saturated carbocycles. The van der Waals surface area contributed by atoms with Crippen LogP contribution >= 0.6 is 11.3 Å². The number of aromatic nitrogens is 2. The van der Waals surface area contributed by atoms with Crippen molar-refractivity contribution in [2.24, 2.45) is 5.73 Å². The summed E-state index contributed by atoms with van der Waals surface area (Å²) in [7, 11) is 0. The van der Waals surface area contributed by atoms with Gasteiger partial charge in [-0.25, -0.2) is 9.78 Å². The van der Waals surface area contributed by atoms with Gasteiger partial charge in [0.15, 0.2) is 5.65 Å². The molecule has 1 unspecified atom stereocenters. The Morgan fingerprint density at radius 2 is 1.93 bits per heavy atom. The Hall–Kier alpha value is -2.71. The van der Waals surface area contributed by atoms with E-state index in [0.29, 0.717) is 22.9 Å². The van der Waals surface area contributed by atoms with Crippen LogP contribution in [0, 0.1) is 0 Å². The van der Waals surface area contributed by atoms with E-state index in [-0.39, 0.29) is 6.03 Å². The number of nitrogens with zero attached hydrogens (tertiary/aromatic N) is 4. The summed E-state index contributed by atoms with van der Waals surface area (Å²) in [5, 5.41) is 0.599. The zero-order valence-corrected chi connectivity index (χ0v) is 16.1. The predicted molar refractivity (Wildman–Crippen MR) is 107 cm³/mol. The van der Waals surface area contributed by atoms with Gasteiger partial charge in [0.05, 0.1) is 4.70 Å². The molecule has 4 heterocycles. The first-order chi connectivity index (χ1) is 13.7. The average molecular weight is 395 g/mol. The zero-order chi connectivity index (χ0) is 19.1. The molecule has 2 aliphatic rings. The highest BCUT2D eigenvalue weighted by Crippen LogP contribution is 2.33. The molecule has 8 heteroatoms. The second kappa shape index (κ2) is 7.03. The monoisotopic (exact) mass is 395 g/mol. The summed E-state index contributed by atoms with van der Waals surface area (Å²) in [6, 6.07) is 12.5. The van der Waals surface area contributed by atoms with Crippen molar-refractivity contribution in [1.29, 1.82) is 0 Å². The van der Waals surface area contributed by atoms with Crippen LogP contribution in [0.3, 0.4) is 0 Å². The first-order valence-corrected chi connectivity index (χ1v) is 10.3. The SMILES string of the molecule is NC(=O)N1CC2CC[C@@H](C1)N2Cc1ccc(Oc2nc3ncccc3s2)cc1. The largest absolute Gasteiger partial charge is 0.431 e. The minimum atomic E-state index is -0.303. The number of primary amides is 1. The molecular formula is C20H21N5O2S. The van der Waals surface area contributed by atoms with Gasteiger partial charge in [0.2, 0.25) is 0 Å². The molecule has 0 aliphatic carbocycles. The third-order valence-electron chi connectivity index (χ3n) is 5.58. The smallest absolute Gasteiger partial charge is 0.314 e. The van der Waals surface area contributed by atoms with Crippen molar-refractivity contribution >= 4 is 27.7 Å². The third kappa shape index (κ3) is 3.29. The van der Waals surface area contributed by atoms with E-state index in [0.717, 1.165) is 42.9 Å². The maximum atomic E-state index is 11.5. The molecule has 2 fully saturated rings. The Bertz CT molecular complexity index is 958. The molecule has 2 aromatic heterocycles.